The van der Waals surface area contributed by atoms with Crippen LogP contribution in [0, 0.1) is 0 Å². The van der Waals surface area contributed by atoms with Gasteiger partial charge in [0.1, 0.15) is 0 Å². The number of hydrogen-bond donors (Lipinski definition) is 1. The van der Waals surface area contributed by atoms with E-state index in [4.69, 9.17) is 9.47 Å². The maximum atomic E-state index is 12.7. The highest BCUT2D eigenvalue weighted by atomic mass is 16.5. The molecule has 0 atom stereocenters. The molecule has 3 rings (SSSR count). The second-order valence-corrected chi connectivity index (χ2v) is 6.48. The van der Waals surface area contributed by atoms with Crippen LogP contribution in [0.5, 0.6) is 0 Å². The van der Waals surface area contributed by atoms with Crippen molar-refractivity contribution in [3.8, 4) is 0 Å². The number of amides is 2. The van der Waals surface area contributed by atoms with Crippen molar-refractivity contribution < 1.29 is 19.1 Å². The molecule has 1 aromatic carbocycles. The molecule has 24 heavy (non-hydrogen) atoms. The molecule has 1 saturated carbocycles. The van der Waals surface area contributed by atoms with Crippen LogP contribution < -0.4 is 5.32 Å². The first-order chi connectivity index (χ1) is 11.6. The number of carbonyl (C=O) groups excluding carboxylic acids is 2. The number of methoxy groups -OCH3 is 1. The minimum atomic E-state index is -0.461. The fraction of sp³-hybridized carbons (Fsp3) is 0.556. The fourth-order valence-electron chi connectivity index (χ4n) is 3.59. The zero-order valence-electron chi connectivity index (χ0n) is 14.0. The lowest BCUT2D eigenvalue weighted by Crippen LogP contribution is -2.55. The molecule has 1 aromatic rings. The number of nitrogens with zero attached hydrogens (tertiary/aromatic N) is 1. The first kappa shape index (κ1) is 16.8. The Bertz CT molecular complexity index is 605. The summed E-state index contributed by atoms with van der Waals surface area (Å²) >= 11 is 0. The smallest absolute Gasteiger partial charge is 0.339 e. The number of esters is 1. The summed E-state index contributed by atoms with van der Waals surface area (Å²) in [5.74, 6) is -0.461. The Balaban J connectivity index is 1.70. The minimum Gasteiger partial charge on any atom is -0.465 e. The van der Waals surface area contributed by atoms with E-state index in [2.05, 4.69) is 5.32 Å². The summed E-state index contributed by atoms with van der Waals surface area (Å²) in [6, 6.07) is 6.68. The molecule has 1 N–H and O–H groups in total. The van der Waals surface area contributed by atoms with Gasteiger partial charge in [0.2, 0.25) is 0 Å². The molecule has 0 unspecified atom stereocenters. The number of benzene rings is 1. The Labute approximate surface area is 142 Å². The third kappa shape index (κ3) is 3.53. The van der Waals surface area contributed by atoms with Gasteiger partial charge in [-0.25, -0.2) is 9.59 Å². The van der Waals surface area contributed by atoms with Crippen LogP contribution in [0.3, 0.4) is 0 Å². The quantitative estimate of drug-likeness (QED) is 0.845. The van der Waals surface area contributed by atoms with Gasteiger partial charge in [-0.05, 0) is 25.0 Å². The van der Waals surface area contributed by atoms with E-state index in [1.54, 1.807) is 29.2 Å². The van der Waals surface area contributed by atoms with Gasteiger partial charge in [-0.2, -0.15) is 0 Å². The summed E-state index contributed by atoms with van der Waals surface area (Å²) in [5.41, 5.74) is 0.642. The molecule has 0 aromatic heterocycles. The number of urea groups is 1. The van der Waals surface area contributed by atoms with Crippen molar-refractivity contribution in [3.63, 3.8) is 0 Å². The lowest BCUT2D eigenvalue weighted by Gasteiger charge is -2.44. The minimum absolute atomic E-state index is 0.185. The number of hydrogen-bond acceptors (Lipinski definition) is 4. The van der Waals surface area contributed by atoms with E-state index in [9.17, 15) is 9.59 Å². The lowest BCUT2D eigenvalue weighted by molar-refractivity contribution is -0.115. The topological polar surface area (TPSA) is 67.9 Å². The fourth-order valence-corrected chi connectivity index (χ4v) is 3.59. The molecular weight excluding hydrogens is 308 g/mol. The predicted octanol–water partition coefficient (Wildman–Crippen LogP) is 3.04. The highest BCUT2D eigenvalue weighted by Gasteiger charge is 2.39. The summed E-state index contributed by atoms with van der Waals surface area (Å²) < 4.78 is 10.8. The van der Waals surface area contributed by atoms with Gasteiger partial charge in [-0.15, -0.1) is 0 Å². The number of ether oxygens (including phenoxy) is 2. The van der Waals surface area contributed by atoms with Gasteiger partial charge in [-0.3, -0.25) is 0 Å². The average molecular weight is 332 g/mol. The Morgan fingerprint density at radius 3 is 2.71 bits per heavy atom. The van der Waals surface area contributed by atoms with Crippen molar-refractivity contribution in [3.05, 3.63) is 29.8 Å². The van der Waals surface area contributed by atoms with Crippen LogP contribution in [0.25, 0.3) is 0 Å². The number of morpholine rings is 1. The highest BCUT2D eigenvalue weighted by molar-refractivity contribution is 6.00. The molecular formula is C18H24N2O4. The van der Waals surface area contributed by atoms with E-state index in [0.29, 0.717) is 30.9 Å². The second kappa shape index (κ2) is 7.21. The van der Waals surface area contributed by atoms with Crippen molar-refractivity contribution in [2.24, 2.45) is 0 Å². The highest BCUT2D eigenvalue weighted by Crippen LogP contribution is 2.34. The number of anilines is 1. The van der Waals surface area contributed by atoms with Gasteiger partial charge in [-0.1, -0.05) is 31.4 Å². The van der Waals surface area contributed by atoms with E-state index < -0.39 is 5.97 Å². The van der Waals surface area contributed by atoms with Gasteiger partial charge in [0.25, 0.3) is 0 Å². The molecule has 1 aliphatic carbocycles. The van der Waals surface area contributed by atoms with Gasteiger partial charge in [0.15, 0.2) is 0 Å². The monoisotopic (exact) mass is 332 g/mol. The van der Waals surface area contributed by atoms with E-state index in [0.717, 1.165) is 25.7 Å². The molecule has 6 nitrogen and oxygen atoms in total. The van der Waals surface area contributed by atoms with E-state index in [-0.39, 0.29) is 11.6 Å². The van der Waals surface area contributed by atoms with Crippen molar-refractivity contribution >= 4 is 17.7 Å². The number of rotatable bonds is 2. The van der Waals surface area contributed by atoms with Crippen molar-refractivity contribution in [2.75, 3.05) is 32.1 Å². The van der Waals surface area contributed by atoms with Crippen molar-refractivity contribution in [1.82, 2.24) is 4.90 Å². The van der Waals surface area contributed by atoms with Crippen LogP contribution in [0.4, 0.5) is 10.5 Å². The largest absolute Gasteiger partial charge is 0.465 e. The molecule has 1 heterocycles. The molecule has 2 fully saturated rings. The van der Waals surface area contributed by atoms with Crippen molar-refractivity contribution in [2.45, 2.75) is 37.7 Å². The van der Waals surface area contributed by atoms with Crippen LogP contribution in [-0.2, 0) is 9.47 Å². The lowest BCUT2D eigenvalue weighted by atomic mass is 9.83. The maximum absolute atomic E-state index is 12.7. The third-order valence-corrected chi connectivity index (χ3v) is 4.87. The first-order valence-electron chi connectivity index (χ1n) is 8.51. The molecule has 1 spiro atoms. The SMILES string of the molecule is COC(=O)c1ccccc1NC(=O)N1CCOC2(CCCCC2)C1. The van der Waals surface area contributed by atoms with Crippen LogP contribution in [0.15, 0.2) is 24.3 Å². The molecule has 2 aliphatic rings. The Morgan fingerprint density at radius 2 is 1.96 bits per heavy atom. The summed E-state index contributed by atoms with van der Waals surface area (Å²) in [7, 11) is 1.33. The predicted molar refractivity (Wildman–Crippen MR) is 90.1 cm³/mol. The summed E-state index contributed by atoms with van der Waals surface area (Å²) in [6.45, 7) is 1.74. The Kier molecular flexibility index (Phi) is 5.04. The third-order valence-electron chi connectivity index (χ3n) is 4.87. The van der Waals surface area contributed by atoms with E-state index >= 15 is 0 Å². The zero-order chi connectivity index (χ0) is 17.0. The standard InChI is InChI=1S/C18H24N2O4/c1-23-16(21)14-7-3-4-8-15(14)19-17(22)20-11-12-24-18(13-20)9-5-2-6-10-18/h3-4,7-8H,2,5-6,9-13H2,1H3,(H,19,22). The Morgan fingerprint density at radius 1 is 1.21 bits per heavy atom. The molecule has 130 valence electrons. The molecule has 0 radical (unpaired) electrons. The molecule has 1 saturated heterocycles. The Hall–Kier alpha value is -2.08. The van der Waals surface area contributed by atoms with Crippen LogP contribution in [-0.4, -0.2) is 49.3 Å². The van der Waals surface area contributed by atoms with Gasteiger partial charge >= 0.3 is 12.0 Å². The van der Waals surface area contributed by atoms with Crippen LogP contribution >= 0.6 is 0 Å². The van der Waals surface area contributed by atoms with E-state index in [1.165, 1.54) is 13.5 Å². The molecule has 1 aliphatic heterocycles. The van der Waals surface area contributed by atoms with Gasteiger partial charge in [0.05, 0.1) is 37.1 Å². The summed E-state index contributed by atoms with van der Waals surface area (Å²) in [5, 5.41) is 2.85. The molecule has 2 amide bonds. The first-order valence-corrected chi connectivity index (χ1v) is 8.51. The summed E-state index contributed by atoms with van der Waals surface area (Å²) in [6.07, 6.45) is 5.57. The molecule has 0 bridgehead atoms. The molecule has 6 heteroatoms. The van der Waals surface area contributed by atoms with Crippen LogP contribution in [0.1, 0.15) is 42.5 Å². The van der Waals surface area contributed by atoms with E-state index in [1.807, 2.05) is 0 Å². The van der Waals surface area contributed by atoms with Gasteiger partial charge < -0.3 is 19.7 Å². The average Bonchev–Trinajstić information content (AvgIpc) is 2.62. The summed E-state index contributed by atoms with van der Waals surface area (Å²) in [4.78, 5) is 26.3. The number of nitrogens with one attached hydrogen (secondary N) is 1. The maximum Gasteiger partial charge on any atom is 0.339 e. The van der Waals surface area contributed by atoms with Crippen molar-refractivity contribution in [1.29, 1.82) is 0 Å². The number of para-hydroxylation sites is 1. The number of carbonyl (C=O) groups is 2. The van der Waals surface area contributed by atoms with Crippen LogP contribution in [0.2, 0.25) is 0 Å². The second-order valence-electron chi connectivity index (χ2n) is 6.48. The van der Waals surface area contributed by atoms with Gasteiger partial charge in [0, 0.05) is 6.54 Å². The zero-order valence-corrected chi connectivity index (χ0v) is 14.0. The normalized spacial score (nSPS) is 19.8.